The number of nitrogens with one attached hydrogen (secondary N) is 2. The predicted molar refractivity (Wildman–Crippen MR) is 127 cm³/mol. The van der Waals surface area contributed by atoms with Crippen molar-refractivity contribution in [3.05, 3.63) is 73.7 Å². The van der Waals surface area contributed by atoms with Crippen molar-refractivity contribution in [1.82, 2.24) is 10.6 Å². The second kappa shape index (κ2) is 12.2. The van der Waals surface area contributed by atoms with E-state index in [-0.39, 0.29) is 17.7 Å². The third kappa shape index (κ3) is 8.32. The normalized spacial score (nSPS) is 13.9. The van der Waals surface area contributed by atoms with Gasteiger partial charge in [0.2, 0.25) is 5.91 Å². The van der Waals surface area contributed by atoms with Gasteiger partial charge in [0.05, 0.1) is 17.0 Å². The summed E-state index contributed by atoms with van der Waals surface area (Å²) in [6.07, 6.45) is -8.14. The number of hydrogen-bond donors (Lipinski definition) is 2. The maximum Gasteiger partial charge on any atom is 0.417 e. The molecule has 2 amide bonds. The highest BCUT2D eigenvalue weighted by atomic mass is 79.9. The van der Waals surface area contributed by atoms with Gasteiger partial charge in [-0.3, -0.25) is 9.59 Å². The summed E-state index contributed by atoms with van der Waals surface area (Å²) in [5, 5.41) is 4.23. The van der Waals surface area contributed by atoms with Crippen molar-refractivity contribution in [1.29, 1.82) is 0 Å². The van der Waals surface area contributed by atoms with Gasteiger partial charge >= 0.3 is 12.4 Å². The average molecular weight is 648 g/mol. The lowest BCUT2D eigenvalue weighted by atomic mass is 9.96. The van der Waals surface area contributed by atoms with Gasteiger partial charge in [0.15, 0.2) is 0 Å². The zero-order valence-corrected chi connectivity index (χ0v) is 21.6. The SMILES string of the molecule is CC(NC(=O)c1ccc(/C=C/C(c2cc(Br)cc(Br)c2)C(F)(F)F)cc1C(F)(F)F)C(=O)NCCF. The molecule has 2 atom stereocenters. The smallest absolute Gasteiger partial charge is 0.352 e. The highest BCUT2D eigenvalue weighted by Gasteiger charge is 2.39. The summed E-state index contributed by atoms with van der Waals surface area (Å²) >= 11 is 6.22. The molecule has 0 saturated heterocycles. The summed E-state index contributed by atoms with van der Waals surface area (Å²) in [4.78, 5) is 24.2. The van der Waals surface area contributed by atoms with E-state index in [0.29, 0.717) is 15.0 Å². The van der Waals surface area contributed by atoms with E-state index in [1.165, 1.54) is 25.1 Å². The van der Waals surface area contributed by atoms with Crippen molar-refractivity contribution in [2.75, 3.05) is 13.2 Å². The monoisotopic (exact) mass is 646 g/mol. The molecule has 0 fully saturated rings. The van der Waals surface area contributed by atoms with Crippen LogP contribution in [-0.4, -0.2) is 37.3 Å². The van der Waals surface area contributed by atoms with Gasteiger partial charge in [0.25, 0.3) is 5.91 Å². The molecule has 0 saturated carbocycles. The first-order valence-corrected chi connectivity index (χ1v) is 11.8. The molecule has 2 N–H and O–H groups in total. The Morgan fingerprint density at radius 3 is 2.14 bits per heavy atom. The molecule has 2 rings (SSSR count). The highest BCUT2D eigenvalue weighted by molar-refractivity contribution is 9.11. The first-order valence-electron chi connectivity index (χ1n) is 10.2. The van der Waals surface area contributed by atoms with E-state index in [2.05, 4.69) is 42.5 Å². The van der Waals surface area contributed by atoms with Gasteiger partial charge in [-0.05, 0) is 48.4 Å². The summed E-state index contributed by atoms with van der Waals surface area (Å²) in [6.45, 7) is 0.00467. The van der Waals surface area contributed by atoms with E-state index in [1.54, 1.807) is 0 Å². The van der Waals surface area contributed by atoms with Crippen LogP contribution in [-0.2, 0) is 11.0 Å². The number of allylic oxidation sites excluding steroid dienone is 1. The molecule has 0 radical (unpaired) electrons. The maximum atomic E-state index is 13.7. The number of halogens is 9. The van der Waals surface area contributed by atoms with Crippen LogP contribution in [0.2, 0.25) is 0 Å². The lowest BCUT2D eigenvalue weighted by Gasteiger charge is -2.19. The van der Waals surface area contributed by atoms with Gasteiger partial charge in [0.1, 0.15) is 12.7 Å². The van der Waals surface area contributed by atoms with Crippen LogP contribution < -0.4 is 10.6 Å². The number of rotatable bonds is 8. The molecule has 2 aromatic rings. The van der Waals surface area contributed by atoms with Crippen LogP contribution in [0.1, 0.15) is 39.9 Å². The van der Waals surface area contributed by atoms with E-state index < -0.39 is 53.9 Å². The Hall–Kier alpha value is -2.41. The molecule has 0 aliphatic carbocycles. The zero-order chi connectivity index (χ0) is 27.3. The number of amides is 2. The summed E-state index contributed by atoms with van der Waals surface area (Å²) in [6, 6.07) is 5.16. The van der Waals surface area contributed by atoms with Crippen LogP contribution in [0.4, 0.5) is 30.7 Å². The standard InChI is InChI=1S/C23H19Br2F7N2O2/c1-12(20(35)33-7-6-26)34-21(36)17-4-2-13(8-19(17)23(30,31)32)3-5-18(22(27,28)29)14-9-15(24)11-16(25)10-14/h2-5,8-12,18H,6-7H2,1H3,(H,33,35)(H,34,36)/b5-3+. The Kier molecular flexibility index (Phi) is 10.1. The lowest BCUT2D eigenvalue weighted by Crippen LogP contribution is -2.45. The fourth-order valence-corrected chi connectivity index (χ4v) is 4.46. The number of benzene rings is 2. The fraction of sp³-hybridized carbons (Fsp3) is 0.304. The van der Waals surface area contributed by atoms with Crippen molar-refractivity contribution < 1.29 is 40.3 Å². The van der Waals surface area contributed by atoms with Crippen LogP contribution >= 0.6 is 31.9 Å². The van der Waals surface area contributed by atoms with Gasteiger partial charge in [-0.1, -0.05) is 50.1 Å². The molecule has 0 heterocycles. The van der Waals surface area contributed by atoms with Gasteiger partial charge in [-0.25, -0.2) is 4.39 Å². The van der Waals surface area contributed by atoms with Gasteiger partial charge < -0.3 is 10.6 Å². The van der Waals surface area contributed by atoms with Crippen molar-refractivity contribution in [3.8, 4) is 0 Å². The van der Waals surface area contributed by atoms with Crippen LogP contribution in [0.15, 0.2) is 51.4 Å². The second-order valence-corrected chi connectivity index (χ2v) is 9.39. The summed E-state index contributed by atoms with van der Waals surface area (Å²) in [5.74, 6) is -4.15. The van der Waals surface area contributed by atoms with E-state index >= 15 is 0 Å². The summed E-state index contributed by atoms with van der Waals surface area (Å²) < 4.78 is 95.1. The topological polar surface area (TPSA) is 58.2 Å². The summed E-state index contributed by atoms with van der Waals surface area (Å²) in [7, 11) is 0. The molecular weight excluding hydrogens is 629 g/mol. The van der Waals surface area contributed by atoms with Crippen molar-refractivity contribution in [3.63, 3.8) is 0 Å². The molecule has 0 aliphatic rings. The Labute approximate surface area is 218 Å². The first-order chi connectivity index (χ1) is 16.6. The molecule has 0 aromatic heterocycles. The Morgan fingerprint density at radius 2 is 1.61 bits per heavy atom. The molecule has 2 unspecified atom stereocenters. The van der Waals surface area contributed by atoms with Gasteiger partial charge in [-0.2, -0.15) is 26.3 Å². The Bertz CT molecular complexity index is 1110. The van der Waals surface area contributed by atoms with E-state index in [9.17, 15) is 40.3 Å². The number of carbonyl (C=O) groups is 2. The summed E-state index contributed by atoms with van der Waals surface area (Å²) in [5.41, 5.74) is -2.59. The van der Waals surface area contributed by atoms with E-state index in [4.69, 9.17) is 0 Å². The zero-order valence-electron chi connectivity index (χ0n) is 18.4. The lowest BCUT2D eigenvalue weighted by molar-refractivity contribution is -0.139. The average Bonchev–Trinajstić information content (AvgIpc) is 2.75. The molecule has 0 spiro atoms. The second-order valence-electron chi connectivity index (χ2n) is 7.56. The van der Waals surface area contributed by atoms with Crippen molar-refractivity contribution in [2.24, 2.45) is 0 Å². The molecule has 2 aromatic carbocycles. The van der Waals surface area contributed by atoms with Gasteiger partial charge in [-0.15, -0.1) is 0 Å². The quantitative estimate of drug-likeness (QED) is 0.310. The molecular formula is C23H19Br2F7N2O2. The van der Waals surface area contributed by atoms with Crippen LogP contribution in [0.25, 0.3) is 6.08 Å². The molecule has 4 nitrogen and oxygen atoms in total. The van der Waals surface area contributed by atoms with E-state index in [0.717, 1.165) is 24.3 Å². The Balaban J connectivity index is 2.39. The Morgan fingerprint density at radius 1 is 1.00 bits per heavy atom. The van der Waals surface area contributed by atoms with Gasteiger partial charge in [0, 0.05) is 15.5 Å². The molecule has 36 heavy (non-hydrogen) atoms. The highest BCUT2D eigenvalue weighted by Crippen LogP contribution is 2.39. The molecule has 196 valence electrons. The minimum Gasteiger partial charge on any atom is -0.352 e. The number of hydrogen-bond acceptors (Lipinski definition) is 2. The molecule has 0 aliphatic heterocycles. The fourth-order valence-electron chi connectivity index (χ4n) is 3.13. The minimum atomic E-state index is -5.02. The van der Waals surface area contributed by atoms with Crippen LogP contribution in [0, 0.1) is 0 Å². The molecule has 13 heteroatoms. The number of carbonyl (C=O) groups excluding carboxylic acids is 2. The molecule has 0 bridgehead atoms. The number of alkyl halides is 7. The maximum absolute atomic E-state index is 13.7. The first kappa shape index (κ1) is 29.8. The van der Waals surface area contributed by atoms with Crippen molar-refractivity contribution in [2.45, 2.75) is 31.2 Å². The third-order valence-corrected chi connectivity index (χ3v) is 5.72. The largest absolute Gasteiger partial charge is 0.417 e. The predicted octanol–water partition coefficient (Wildman–Crippen LogP) is 6.79. The van der Waals surface area contributed by atoms with Crippen molar-refractivity contribution >= 4 is 49.8 Å². The third-order valence-electron chi connectivity index (χ3n) is 4.81. The van der Waals surface area contributed by atoms with E-state index in [1.807, 2.05) is 0 Å². The van der Waals surface area contributed by atoms with Crippen LogP contribution in [0.3, 0.4) is 0 Å². The van der Waals surface area contributed by atoms with Crippen LogP contribution in [0.5, 0.6) is 0 Å². The minimum absolute atomic E-state index is 0.146.